The van der Waals surface area contributed by atoms with Crippen molar-refractivity contribution in [3.63, 3.8) is 0 Å². The van der Waals surface area contributed by atoms with Gasteiger partial charge in [-0.3, -0.25) is 0 Å². The van der Waals surface area contributed by atoms with Crippen LogP contribution >= 0.6 is 0 Å². The topological polar surface area (TPSA) is 83.0 Å². The lowest BCUT2D eigenvalue weighted by Crippen LogP contribution is -2.36. The summed E-state index contributed by atoms with van der Waals surface area (Å²) in [5, 5.41) is 6.54. The van der Waals surface area contributed by atoms with Gasteiger partial charge >= 0.3 is 0 Å². The monoisotopic (exact) mass is 430 g/mol. The van der Waals surface area contributed by atoms with Crippen LogP contribution in [0.4, 0.5) is 0 Å². The van der Waals surface area contributed by atoms with Crippen LogP contribution in [0.2, 0.25) is 0 Å². The summed E-state index contributed by atoms with van der Waals surface area (Å²) in [5.41, 5.74) is 1.99. The zero-order valence-electron chi connectivity index (χ0n) is 17.6. The van der Waals surface area contributed by atoms with Crippen LogP contribution in [-0.4, -0.2) is 45.4 Å². The van der Waals surface area contributed by atoms with Gasteiger partial charge in [0, 0.05) is 31.7 Å². The second-order valence-corrected chi connectivity index (χ2v) is 9.05. The average molecular weight is 431 g/mol. The van der Waals surface area contributed by atoms with Crippen LogP contribution in [0, 0.1) is 0 Å². The van der Waals surface area contributed by atoms with Gasteiger partial charge in [-0.15, -0.1) is 0 Å². The molecule has 1 fully saturated rings. The SMILES string of the molecule is CCNC(=NCc1ccc(S(=O)(=O)N2CCCC2)cc1)NCc1ccccc1OC. The minimum Gasteiger partial charge on any atom is -0.496 e. The lowest BCUT2D eigenvalue weighted by Gasteiger charge is -2.15. The van der Waals surface area contributed by atoms with Crippen LogP contribution in [0.15, 0.2) is 58.4 Å². The molecular formula is C22H30N4O3S. The number of rotatable bonds is 8. The molecule has 2 aromatic rings. The fourth-order valence-electron chi connectivity index (χ4n) is 3.38. The first-order chi connectivity index (χ1) is 14.5. The zero-order valence-corrected chi connectivity index (χ0v) is 18.4. The van der Waals surface area contributed by atoms with Crippen molar-refractivity contribution >= 4 is 16.0 Å². The number of hydrogen-bond donors (Lipinski definition) is 2. The Morgan fingerprint density at radius 3 is 2.43 bits per heavy atom. The molecule has 0 bridgehead atoms. The van der Waals surface area contributed by atoms with E-state index in [1.165, 1.54) is 0 Å². The van der Waals surface area contributed by atoms with Crippen molar-refractivity contribution in [2.45, 2.75) is 37.8 Å². The smallest absolute Gasteiger partial charge is 0.243 e. The molecule has 0 aliphatic carbocycles. The predicted octanol–water partition coefficient (Wildman–Crippen LogP) is 2.74. The number of guanidine groups is 1. The number of hydrogen-bond acceptors (Lipinski definition) is 4. The lowest BCUT2D eigenvalue weighted by atomic mass is 10.2. The number of nitrogens with zero attached hydrogens (tertiary/aromatic N) is 2. The Hall–Kier alpha value is -2.58. The first-order valence-corrected chi connectivity index (χ1v) is 11.7. The van der Waals surface area contributed by atoms with Crippen molar-refractivity contribution in [1.82, 2.24) is 14.9 Å². The number of nitrogens with one attached hydrogen (secondary N) is 2. The zero-order chi connectivity index (χ0) is 21.4. The fourth-order valence-corrected chi connectivity index (χ4v) is 4.90. The van der Waals surface area contributed by atoms with Gasteiger partial charge in [0.15, 0.2) is 5.96 Å². The summed E-state index contributed by atoms with van der Waals surface area (Å²) in [6, 6.07) is 14.9. The van der Waals surface area contributed by atoms with Crippen molar-refractivity contribution < 1.29 is 13.2 Å². The molecule has 0 amide bonds. The van der Waals surface area contributed by atoms with Crippen molar-refractivity contribution in [1.29, 1.82) is 0 Å². The van der Waals surface area contributed by atoms with E-state index < -0.39 is 10.0 Å². The molecule has 2 N–H and O–H groups in total. The van der Waals surface area contributed by atoms with Crippen molar-refractivity contribution in [3.05, 3.63) is 59.7 Å². The Labute approximate surface area is 179 Å². The average Bonchev–Trinajstić information content (AvgIpc) is 3.32. The highest BCUT2D eigenvalue weighted by Gasteiger charge is 2.26. The normalized spacial score (nSPS) is 15.2. The maximum absolute atomic E-state index is 12.6. The van der Waals surface area contributed by atoms with E-state index in [1.54, 1.807) is 23.5 Å². The number of aliphatic imine (C=N–C) groups is 1. The molecule has 0 aromatic heterocycles. The van der Waals surface area contributed by atoms with Gasteiger partial charge in [-0.05, 0) is 43.5 Å². The van der Waals surface area contributed by atoms with E-state index in [9.17, 15) is 8.42 Å². The van der Waals surface area contributed by atoms with Gasteiger partial charge in [0.25, 0.3) is 0 Å². The standard InChI is InChI=1S/C22H30N4O3S/c1-3-23-22(25-17-19-8-4-5-9-21(19)29-2)24-16-18-10-12-20(13-11-18)30(27,28)26-14-6-7-15-26/h4-5,8-13H,3,6-7,14-17H2,1-2H3,(H2,23,24,25). The van der Waals surface area contributed by atoms with Crippen molar-refractivity contribution in [2.24, 2.45) is 4.99 Å². The van der Waals surface area contributed by atoms with Gasteiger partial charge in [-0.25, -0.2) is 13.4 Å². The van der Waals surface area contributed by atoms with Crippen LogP contribution in [0.3, 0.4) is 0 Å². The quantitative estimate of drug-likeness (QED) is 0.497. The van der Waals surface area contributed by atoms with Gasteiger partial charge in [-0.1, -0.05) is 30.3 Å². The van der Waals surface area contributed by atoms with E-state index in [1.807, 2.05) is 43.3 Å². The number of benzene rings is 2. The van der Waals surface area contributed by atoms with E-state index in [-0.39, 0.29) is 0 Å². The molecule has 2 aromatic carbocycles. The van der Waals surface area contributed by atoms with Gasteiger partial charge in [0.05, 0.1) is 18.6 Å². The van der Waals surface area contributed by atoms with Crippen LogP contribution in [0.1, 0.15) is 30.9 Å². The maximum Gasteiger partial charge on any atom is 0.243 e. The highest BCUT2D eigenvalue weighted by atomic mass is 32.2. The molecule has 1 heterocycles. The van der Waals surface area contributed by atoms with Gasteiger partial charge in [0.1, 0.15) is 5.75 Å². The maximum atomic E-state index is 12.6. The molecule has 3 rings (SSSR count). The molecule has 0 radical (unpaired) electrons. The Morgan fingerprint density at radius 1 is 1.07 bits per heavy atom. The summed E-state index contributed by atoms with van der Waals surface area (Å²) >= 11 is 0. The Kier molecular flexibility index (Phi) is 7.70. The highest BCUT2D eigenvalue weighted by molar-refractivity contribution is 7.89. The van der Waals surface area contributed by atoms with Gasteiger partial charge in [-0.2, -0.15) is 4.31 Å². The number of methoxy groups -OCH3 is 1. The third-order valence-corrected chi connectivity index (χ3v) is 6.94. The summed E-state index contributed by atoms with van der Waals surface area (Å²) in [4.78, 5) is 4.96. The van der Waals surface area contributed by atoms with Gasteiger partial charge in [0.2, 0.25) is 10.0 Å². The summed E-state index contributed by atoms with van der Waals surface area (Å²) < 4.78 is 32.2. The van der Waals surface area contributed by atoms with Gasteiger partial charge < -0.3 is 15.4 Å². The van der Waals surface area contributed by atoms with Crippen LogP contribution in [0.25, 0.3) is 0 Å². The molecule has 0 saturated carbocycles. The molecule has 1 aliphatic rings. The lowest BCUT2D eigenvalue weighted by molar-refractivity contribution is 0.409. The van der Waals surface area contributed by atoms with E-state index in [4.69, 9.17) is 4.74 Å². The number of sulfonamides is 1. The largest absolute Gasteiger partial charge is 0.496 e. The van der Waals surface area contributed by atoms with E-state index in [0.717, 1.165) is 36.3 Å². The molecule has 0 unspecified atom stereocenters. The second-order valence-electron chi connectivity index (χ2n) is 7.12. The third-order valence-electron chi connectivity index (χ3n) is 5.03. The summed E-state index contributed by atoms with van der Waals surface area (Å²) in [7, 11) is -1.72. The fraction of sp³-hybridized carbons (Fsp3) is 0.409. The van der Waals surface area contributed by atoms with Crippen LogP contribution in [0.5, 0.6) is 5.75 Å². The summed E-state index contributed by atoms with van der Waals surface area (Å²) in [5.74, 6) is 1.52. The minimum atomic E-state index is -3.38. The molecule has 7 nitrogen and oxygen atoms in total. The molecule has 1 saturated heterocycles. The number of para-hydroxylation sites is 1. The first-order valence-electron chi connectivity index (χ1n) is 10.3. The molecular weight excluding hydrogens is 400 g/mol. The Bertz CT molecular complexity index is 953. The molecule has 162 valence electrons. The molecule has 1 aliphatic heterocycles. The minimum absolute atomic E-state index is 0.346. The molecule has 30 heavy (non-hydrogen) atoms. The highest BCUT2D eigenvalue weighted by Crippen LogP contribution is 2.21. The van der Waals surface area contributed by atoms with Crippen LogP contribution < -0.4 is 15.4 Å². The second kappa shape index (κ2) is 10.4. The Morgan fingerprint density at radius 2 is 1.77 bits per heavy atom. The third kappa shape index (κ3) is 5.52. The van der Waals surface area contributed by atoms with E-state index in [2.05, 4.69) is 15.6 Å². The summed E-state index contributed by atoms with van der Waals surface area (Å²) in [6.45, 7) is 5.01. The van der Waals surface area contributed by atoms with Crippen molar-refractivity contribution in [2.75, 3.05) is 26.7 Å². The number of ether oxygens (including phenoxy) is 1. The van der Waals surface area contributed by atoms with Crippen molar-refractivity contribution in [3.8, 4) is 5.75 Å². The molecule has 8 heteroatoms. The first kappa shape index (κ1) is 22.1. The summed E-state index contributed by atoms with van der Waals surface area (Å²) in [6.07, 6.45) is 1.86. The van der Waals surface area contributed by atoms with Crippen LogP contribution in [-0.2, 0) is 23.1 Å². The molecule has 0 atom stereocenters. The van der Waals surface area contributed by atoms with E-state index >= 15 is 0 Å². The molecule has 0 spiro atoms. The van der Waals surface area contributed by atoms with E-state index in [0.29, 0.717) is 37.0 Å². The Balaban J connectivity index is 1.64. The predicted molar refractivity (Wildman–Crippen MR) is 119 cm³/mol.